The summed E-state index contributed by atoms with van der Waals surface area (Å²) in [6.45, 7) is 8.08. The van der Waals surface area contributed by atoms with E-state index in [1.165, 1.54) is 0 Å². The van der Waals surface area contributed by atoms with E-state index in [4.69, 9.17) is 13.8 Å². The molecule has 1 N–H and O–H groups in total. The number of hydrogen-bond donors (Lipinski definition) is 1. The van der Waals surface area contributed by atoms with Crippen molar-refractivity contribution in [3.05, 3.63) is 36.4 Å². The van der Waals surface area contributed by atoms with Crippen LogP contribution >= 0.6 is 7.60 Å². The van der Waals surface area contributed by atoms with Crippen LogP contribution in [-0.2, 0) is 13.6 Å². The molecule has 0 spiro atoms. The van der Waals surface area contributed by atoms with Gasteiger partial charge in [-0.3, -0.25) is 4.57 Å². The Bertz CT molecular complexity index is 656. The third kappa shape index (κ3) is 4.25. The molecule has 0 aliphatic rings. The summed E-state index contributed by atoms with van der Waals surface area (Å²) < 4.78 is 29.9. The van der Waals surface area contributed by atoms with Gasteiger partial charge in [0, 0.05) is 6.07 Å². The zero-order valence-electron chi connectivity index (χ0n) is 14.0. The number of aromatic nitrogens is 1. The van der Waals surface area contributed by atoms with E-state index in [1.807, 2.05) is 44.2 Å². The van der Waals surface area contributed by atoms with Crippen LogP contribution in [0.1, 0.15) is 27.7 Å². The Morgan fingerprint density at radius 2 is 1.70 bits per heavy atom. The summed E-state index contributed by atoms with van der Waals surface area (Å²) in [5.74, 6) is 0.550. The molecule has 126 valence electrons. The van der Waals surface area contributed by atoms with Crippen LogP contribution in [0.3, 0.4) is 0 Å². The fourth-order valence-corrected chi connectivity index (χ4v) is 4.06. The summed E-state index contributed by atoms with van der Waals surface area (Å²) in [6, 6.07) is 11.4. The summed E-state index contributed by atoms with van der Waals surface area (Å²) in [5.41, 5.74) is 1.60. The van der Waals surface area contributed by atoms with Crippen LogP contribution in [0.15, 0.2) is 36.4 Å². The van der Waals surface area contributed by atoms with Gasteiger partial charge in [-0.25, -0.2) is 0 Å². The largest absolute Gasteiger partial charge is 0.476 e. The summed E-state index contributed by atoms with van der Waals surface area (Å²) >= 11 is 0. The minimum atomic E-state index is -3.41. The van der Waals surface area contributed by atoms with Gasteiger partial charge in [-0.05, 0) is 33.3 Å². The van der Waals surface area contributed by atoms with Crippen LogP contribution in [0, 0.1) is 0 Å². The highest BCUT2D eigenvalue weighted by molar-refractivity contribution is 7.62. The molecule has 0 saturated carbocycles. The molecule has 1 aromatic carbocycles. The molecule has 5 nitrogen and oxygen atoms in total. The zero-order chi connectivity index (χ0) is 16.9. The Kier molecular flexibility index (Phi) is 6.05. The lowest BCUT2D eigenvalue weighted by Crippen LogP contribution is -2.11. The number of hydrogen-bond acceptors (Lipinski definition) is 4. The van der Waals surface area contributed by atoms with E-state index in [0.29, 0.717) is 30.1 Å². The molecule has 6 heteroatoms. The minimum absolute atomic E-state index is 0.00342. The first-order chi connectivity index (χ1) is 11.0. The first-order valence-corrected chi connectivity index (χ1v) is 9.39. The van der Waals surface area contributed by atoms with Crippen molar-refractivity contribution in [1.29, 1.82) is 0 Å². The molecule has 23 heavy (non-hydrogen) atoms. The summed E-state index contributed by atoms with van der Waals surface area (Å²) in [4.78, 5) is 3.20. The maximum Gasteiger partial charge on any atom is 0.363 e. The Labute approximate surface area is 137 Å². The number of benzene rings is 1. The van der Waals surface area contributed by atoms with Gasteiger partial charge in [-0.1, -0.05) is 30.3 Å². The molecule has 0 fully saturated rings. The zero-order valence-corrected chi connectivity index (χ0v) is 14.9. The van der Waals surface area contributed by atoms with E-state index in [1.54, 1.807) is 19.9 Å². The highest BCUT2D eigenvalue weighted by Gasteiger charge is 2.32. The second-order valence-corrected chi connectivity index (χ2v) is 7.25. The molecule has 1 aromatic heterocycles. The van der Waals surface area contributed by atoms with Crippen molar-refractivity contribution >= 4 is 12.9 Å². The SMILES string of the molecule is CCOP(=O)(OCC)c1cc(OC(C)C)[nH]c1-c1ccccc1. The Balaban J connectivity index is 2.55. The van der Waals surface area contributed by atoms with Gasteiger partial charge in [0.05, 0.1) is 30.3 Å². The smallest absolute Gasteiger partial charge is 0.363 e. The monoisotopic (exact) mass is 337 g/mol. The quantitative estimate of drug-likeness (QED) is 0.727. The molecular formula is C17H24NO4P. The first-order valence-electron chi connectivity index (χ1n) is 7.85. The van der Waals surface area contributed by atoms with E-state index in [2.05, 4.69) is 4.98 Å². The number of ether oxygens (including phenoxy) is 1. The first kappa shape index (κ1) is 17.8. The van der Waals surface area contributed by atoms with Gasteiger partial charge in [0.15, 0.2) is 5.88 Å². The van der Waals surface area contributed by atoms with Crippen molar-refractivity contribution in [1.82, 2.24) is 4.98 Å². The fourth-order valence-electron chi connectivity index (χ4n) is 2.29. The molecule has 1 heterocycles. The molecular weight excluding hydrogens is 313 g/mol. The van der Waals surface area contributed by atoms with Gasteiger partial charge in [0.1, 0.15) is 0 Å². The second-order valence-electron chi connectivity index (χ2n) is 5.26. The molecule has 0 unspecified atom stereocenters. The average Bonchev–Trinajstić information content (AvgIpc) is 2.92. The Hall–Kier alpha value is -1.55. The van der Waals surface area contributed by atoms with Crippen LogP contribution < -0.4 is 10.0 Å². The maximum absolute atomic E-state index is 13.2. The van der Waals surface area contributed by atoms with E-state index in [0.717, 1.165) is 5.56 Å². The summed E-state index contributed by atoms with van der Waals surface area (Å²) in [6.07, 6.45) is 0.00342. The third-order valence-corrected chi connectivity index (χ3v) is 5.23. The van der Waals surface area contributed by atoms with Crippen molar-refractivity contribution in [3.63, 3.8) is 0 Å². The molecule has 0 saturated heterocycles. The van der Waals surface area contributed by atoms with Crippen LogP contribution in [0.4, 0.5) is 0 Å². The van der Waals surface area contributed by atoms with E-state index >= 15 is 0 Å². The minimum Gasteiger partial charge on any atom is -0.476 e. The van der Waals surface area contributed by atoms with E-state index in [9.17, 15) is 4.57 Å². The van der Waals surface area contributed by atoms with Gasteiger partial charge in [-0.2, -0.15) is 0 Å². The molecule has 0 aliphatic carbocycles. The predicted molar refractivity (Wildman–Crippen MR) is 92.5 cm³/mol. The summed E-state index contributed by atoms with van der Waals surface area (Å²) in [7, 11) is -3.41. The van der Waals surface area contributed by atoms with Crippen molar-refractivity contribution in [2.45, 2.75) is 33.8 Å². The molecule has 0 amide bonds. The number of H-pyrrole nitrogens is 1. The average molecular weight is 337 g/mol. The van der Waals surface area contributed by atoms with Crippen LogP contribution in [0.5, 0.6) is 5.88 Å². The van der Waals surface area contributed by atoms with E-state index < -0.39 is 7.60 Å². The highest BCUT2D eigenvalue weighted by atomic mass is 31.2. The van der Waals surface area contributed by atoms with Crippen molar-refractivity contribution in [3.8, 4) is 17.1 Å². The molecule has 2 aromatic rings. The van der Waals surface area contributed by atoms with Crippen molar-refractivity contribution in [2.24, 2.45) is 0 Å². The topological polar surface area (TPSA) is 60.6 Å². The lowest BCUT2D eigenvalue weighted by atomic mass is 10.2. The number of rotatable bonds is 8. The lowest BCUT2D eigenvalue weighted by molar-refractivity contribution is 0.229. The van der Waals surface area contributed by atoms with Crippen LogP contribution in [0.25, 0.3) is 11.3 Å². The van der Waals surface area contributed by atoms with Crippen molar-refractivity contribution < 1.29 is 18.3 Å². The molecule has 2 rings (SSSR count). The lowest BCUT2D eigenvalue weighted by Gasteiger charge is -2.17. The predicted octanol–water partition coefficient (Wildman–Crippen LogP) is 4.36. The molecule has 0 bridgehead atoms. The maximum atomic E-state index is 13.2. The molecule has 0 aliphatic heterocycles. The van der Waals surface area contributed by atoms with Crippen molar-refractivity contribution in [2.75, 3.05) is 13.2 Å². The second kappa shape index (κ2) is 7.82. The number of aromatic amines is 1. The Morgan fingerprint density at radius 3 is 2.22 bits per heavy atom. The Morgan fingerprint density at radius 1 is 1.09 bits per heavy atom. The number of nitrogens with one attached hydrogen (secondary N) is 1. The van der Waals surface area contributed by atoms with Gasteiger partial charge in [-0.15, -0.1) is 0 Å². The van der Waals surface area contributed by atoms with Gasteiger partial charge >= 0.3 is 7.60 Å². The summed E-state index contributed by atoms with van der Waals surface area (Å²) in [5, 5.41) is 0.503. The standard InChI is InChI=1S/C17H24NO4P/c1-5-20-23(19,21-6-2)15-12-16(22-13(3)4)18-17(15)14-10-8-7-9-11-14/h7-13,18H,5-6H2,1-4H3. The van der Waals surface area contributed by atoms with Gasteiger partial charge in [0.2, 0.25) is 0 Å². The van der Waals surface area contributed by atoms with E-state index in [-0.39, 0.29) is 6.10 Å². The third-order valence-electron chi connectivity index (χ3n) is 3.09. The van der Waals surface area contributed by atoms with Crippen LogP contribution in [0.2, 0.25) is 0 Å². The van der Waals surface area contributed by atoms with Crippen LogP contribution in [-0.4, -0.2) is 24.3 Å². The normalized spacial score (nSPS) is 11.9. The van der Waals surface area contributed by atoms with Gasteiger partial charge in [0.25, 0.3) is 0 Å². The fraction of sp³-hybridized carbons (Fsp3) is 0.412. The molecule has 0 atom stereocenters. The highest BCUT2D eigenvalue weighted by Crippen LogP contribution is 2.50. The molecule has 0 radical (unpaired) electrons. The van der Waals surface area contributed by atoms with Gasteiger partial charge < -0.3 is 18.8 Å².